The quantitative estimate of drug-likeness (QED) is 0.713. The summed E-state index contributed by atoms with van der Waals surface area (Å²) >= 11 is 0. The van der Waals surface area contributed by atoms with Gasteiger partial charge in [-0.1, -0.05) is 20.8 Å². The van der Waals surface area contributed by atoms with E-state index in [1.165, 1.54) is 0 Å². The summed E-state index contributed by atoms with van der Waals surface area (Å²) in [6.07, 6.45) is 0.767. The maximum atomic E-state index is 11.4. The molecule has 0 heterocycles. The van der Waals surface area contributed by atoms with Crippen LogP contribution in [0.15, 0.2) is 0 Å². The number of rotatable bonds is 5. The Morgan fingerprint density at radius 1 is 1.50 bits per heavy atom. The van der Waals surface area contributed by atoms with E-state index >= 15 is 0 Å². The Balaban J connectivity index is 4.30. The van der Waals surface area contributed by atoms with Gasteiger partial charge in [-0.3, -0.25) is 9.00 Å². The van der Waals surface area contributed by atoms with Crippen LogP contribution in [0.1, 0.15) is 27.2 Å². The smallest absolute Gasteiger partial charge is 0.319 e. The Morgan fingerprint density at radius 3 is 2.25 bits per heavy atom. The number of hydrogen-bond acceptors (Lipinski definition) is 2. The number of carboxylic acid groups (broad SMARTS) is 1. The van der Waals surface area contributed by atoms with Gasteiger partial charge in [0, 0.05) is 16.6 Å². The Labute approximate surface area is 75.6 Å². The number of hydrogen-bond donors (Lipinski definition) is 1. The first-order chi connectivity index (χ1) is 5.50. The average molecular weight is 192 g/mol. The fourth-order valence-corrected chi connectivity index (χ4v) is 2.52. The van der Waals surface area contributed by atoms with Crippen molar-refractivity contribution < 1.29 is 14.1 Å². The van der Waals surface area contributed by atoms with E-state index < -0.39 is 22.0 Å². The van der Waals surface area contributed by atoms with E-state index in [-0.39, 0.29) is 5.92 Å². The Bertz CT molecular complexity index is 177. The second-order valence-corrected chi connectivity index (χ2v) is 4.77. The lowest BCUT2D eigenvalue weighted by atomic mass is 10.1. The van der Waals surface area contributed by atoms with E-state index in [9.17, 15) is 9.00 Å². The molecule has 2 unspecified atom stereocenters. The average Bonchev–Trinajstić information content (AvgIpc) is 1.85. The Hall–Kier alpha value is -0.380. The zero-order chi connectivity index (χ0) is 9.72. The van der Waals surface area contributed by atoms with Gasteiger partial charge in [0.15, 0.2) is 0 Å². The third-order valence-corrected chi connectivity index (χ3v) is 3.66. The van der Waals surface area contributed by atoms with E-state index in [0.717, 1.165) is 6.42 Å². The van der Waals surface area contributed by atoms with E-state index in [1.807, 2.05) is 6.92 Å². The topological polar surface area (TPSA) is 54.4 Å². The minimum absolute atomic E-state index is 0.0603. The van der Waals surface area contributed by atoms with Crippen LogP contribution < -0.4 is 0 Å². The number of aliphatic carboxylic acids is 1. The maximum Gasteiger partial charge on any atom is 0.319 e. The molecule has 0 aliphatic rings. The molecule has 0 saturated heterocycles. The highest BCUT2D eigenvalue weighted by molar-refractivity contribution is 7.86. The van der Waals surface area contributed by atoms with Crippen LogP contribution in [0.3, 0.4) is 0 Å². The molecule has 0 rings (SSSR count). The molecule has 0 aromatic heterocycles. The summed E-state index contributed by atoms with van der Waals surface area (Å²) in [5, 5.41) is 8.04. The second kappa shape index (κ2) is 5.30. The third-order valence-electron chi connectivity index (χ3n) is 1.54. The monoisotopic (exact) mass is 192 g/mol. The summed E-state index contributed by atoms with van der Waals surface area (Å²) in [4.78, 5) is 10.7. The summed E-state index contributed by atoms with van der Waals surface area (Å²) in [5.41, 5.74) is 0. The SMILES string of the molecule is CCCS(=O)C(C(=O)O)C(C)C. The summed E-state index contributed by atoms with van der Waals surface area (Å²) in [6, 6.07) is 0. The molecule has 0 saturated carbocycles. The molecule has 0 aliphatic carbocycles. The van der Waals surface area contributed by atoms with E-state index in [1.54, 1.807) is 13.8 Å². The van der Waals surface area contributed by atoms with Crippen LogP contribution in [0.4, 0.5) is 0 Å². The Kier molecular flexibility index (Phi) is 5.13. The predicted octanol–water partition coefficient (Wildman–Crippen LogP) is 1.25. The molecule has 3 nitrogen and oxygen atoms in total. The second-order valence-electron chi connectivity index (χ2n) is 3.09. The lowest BCUT2D eigenvalue weighted by Gasteiger charge is -2.14. The molecule has 72 valence electrons. The molecule has 0 bridgehead atoms. The molecule has 0 radical (unpaired) electrons. The van der Waals surface area contributed by atoms with Crippen molar-refractivity contribution in [3.8, 4) is 0 Å². The van der Waals surface area contributed by atoms with Crippen molar-refractivity contribution >= 4 is 16.8 Å². The molecular formula is C8H16O3S. The van der Waals surface area contributed by atoms with Crippen molar-refractivity contribution in [3.05, 3.63) is 0 Å². The minimum Gasteiger partial charge on any atom is -0.480 e. The van der Waals surface area contributed by atoms with Crippen LogP contribution in [0, 0.1) is 5.92 Å². The first-order valence-electron chi connectivity index (χ1n) is 4.10. The predicted molar refractivity (Wildman–Crippen MR) is 49.6 cm³/mol. The fraction of sp³-hybridized carbons (Fsp3) is 0.875. The molecule has 0 fully saturated rings. The third kappa shape index (κ3) is 3.34. The molecule has 0 amide bonds. The van der Waals surface area contributed by atoms with Crippen LogP contribution in [-0.4, -0.2) is 26.3 Å². The van der Waals surface area contributed by atoms with Gasteiger partial charge in [-0.15, -0.1) is 0 Å². The van der Waals surface area contributed by atoms with Crippen molar-refractivity contribution in [1.82, 2.24) is 0 Å². The van der Waals surface area contributed by atoms with Crippen molar-refractivity contribution in [2.75, 3.05) is 5.75 Å². The molecule has 0 aromatic carbocycles. The molecule has 0 spiro atoms. The Morgan fingerprint density at radius 2 is 2.00 bits per heavy atom. The van der Waals surface area contributed by atoms with Crippen molar-refractivity contribution in [2.45, 2.75) is 32.4 Å². The van der Waals surface area contributed by atoms with Gasteiger partial charge in [-0.25, -0.2) is 0 Å². The van der Waals surface area contributed by atoms with Gasteiger partial charge in [0.25, 0.3) is 0 Å². The first-order valence-corrected chi connectivity index (χ1v) is 5.48. The number of carbonyl (C=O) groups is 1. The zero-order valence-electron chi connectivity index (χ0n) is 7.74. The van der Waals surface area contributed by atoms with E-state index in [2.05, 4.69) is 0 Å². The first kappa shape index (κ1) is 11.6. The number of carboxylic acids is 1. The summed E-state index contributed by atoms with van der Waals surface area (Å²) in [7, 11) is -1.22. The molecule has 12 heavy (non-hydrogen) atoms. The van der Waals surface area contributed by atoms with Crippen molar-refractivity contribution in [3.63, 3.8) is 0 Å². The largest absolute Gasteiger partial charge is 0.480 e. The van der Waals surface area contributed by atoms with Crippen LogP contribution in [0.5, 0.6) is 0 Å². The minimum atomic E-state index is -1.22. The van der Waals surface area contributed by atoms with Crippen molar-refractivity contribution in [1.29, 1.82) is 0 Å². The van der Waals surface area contributed by atoms with Gasteiger partial charge >= 0.3 is 5.97 Å². The standard InChI is InChI=1S/C8H16O3S/c1-4-5-12(11)7(6(2)3)8(9)10/h6-7H,4-5H2,1-3H3,(H,9,10). The molecule has 2 atom stereocenters. The fourth-order valence-electron chi connectivity index (χ4n) is 1.03. The molecular weight excluding hydrogens is 176 g/mol. The van der Waals surface area contributed by atoms with Crippen molar-refractivity contribution in [2.24, 2.45) is 5.92 Å². The molecule has 4 heteroatoms. The molecule has 1 N–H and O–H groups in total. The lowest BCUT2D eigenvalue weighted by molar-refractivity contribution is -0.137. The summed E-state index contributed by atoms with van der Waals surface area (Å²) < 4.78 is 11.4. The van der Waals surface area contributed by atoms with Gasteiger partial charge in [0.1, 0.15) is 5.25 Å². The highest BCUT2D eigenvalue weighted by Crippen LogP contribution is 2.10. The van der Waals surface area contributed by atoms with Gasteiger partial charge in [-0.05, 0) is 12.3 Å². The normalized spacial score (nSPS) is 16.0. The van der Waals surface area contributed by atoms with Gasteiger partial charge < -0.3 is 5.11 Å². The zero-order valence-corrected chi connectivity index (χ0v) is 8.56. The molecule has 0 aliphatic heterocycles. The van der Waals surface area contributed by atoms with E-state index in [4.69, 9.17) is 5.11 Å². The summed E-state index contributed by atoms with van der Waals surface area (Å²) in [5.74, 6) is -0.526. The molecule has 0 aromatic rings. The van der Waals surface area contributed by atoms with Crippen LogP contribution in [-0.2, 0) is 15.6 Å². The highest BCUT2D eigenvalue weighted by atomic mass is 32.2. The van der Waals surface area contributed by atoms with Gasteiger partial charge in [0.2, 0.25) is 0 Å². The van der Waals surface area contributed by atoms with Gasteiger partial charge in [-0.2, -0.15) is 0 Å². The van der Waals surface area contributed by atoms with Crippen LogP contribution in [0.2, 0.25) is 0 Å². The maximum absolute atomic E-state index is 11.4. The van der Waals surface area contributed by atoms with Gasteiger partial charge in [0.05, 0.1) is 0 Å². The lowest BCUT2D eigenvalue weighted by Crippen LogP contribution is -2.32. The summed E-state index contributed by atoms with van der Waals surface area (Å²) in [6.45, 7) is 5.47. The highest BCUT2D eigenvalue weighted by Gasteiger charge is 2.27. The van der Waals surface area contributed by atoms with Crippen LogP contribution >= 0.6 is 0 Å². The van der Waals surface area contributed by atoms with Crippen LogP contribution in [0.25, 0.3) is 0 Å². The van der Waals surface area contributed by atoms with E-state index in [0.29, 0.717) is 5.75 Å².